The van der Waals surface area contributed by atoms with Gasteiger partial charge in [0.05, 0.1) is 5.56 Å². The van der Waals surface area contributed by atoms with Crippen LogP contribution in [0.15, 0.2) is 60.7 Å². The molecule has 1 unspecified atom stereocenters. The number of carbonyl (C=O) groups is 1. The van der Waals surface area contributed by atoms with Gasteiger partial charge in [0.2, 0.25) is 0 Å². The Morgan fingerprint density at radius 3 is 2.34 bits per heavy atom. The number of carbonyl (C=O) groups excluding carboxylic acids is 1. The maximum absolute atomic E-state index is 12.6. The Balaban J connectivity index is 1.79. The van der Waals surface area contributed by atoms with Crippen LogP contribution < -0.4 is 9.26 Å². The zero-order chi connectivity index (χ0) is 20.4. The number of hydrogen-bond donors (Lipinski definition) is 3. The van der Waals surface area contributed by atoms with Crippen molar-refractivity contribution in [3.8, 4) is 23.0 Å². The second-order valence-corrected chi connectivity index (χ2v) is 7.80. The number of phosphoric acid groups is 1. The van der Waals surface area contributed by atoms with E-state index in [1.54, 1.807) is 30.3 Å². The third-order valence-corrected chi connectivity index (χ3v) is 5.34. The van der Waals surface area contributed by atoms with Crippen LogP contribution in [0.5, 0.6) is 23.0 Å². The molecule has 2 aliphatic rings. The van der Waals surface area contributed by atoms with Crippen molar-refractivity contribution < 1.29 is 38.3 Å². The van der Waals surface area contributed by atoms with Crippen molar-refractivity contribution in [2.24, 2.45) is 0 Å². The van der Waals surface area contributed by atoms with Gasteiger partial charge in [-0.05, 0) is 30.3 Å². The number of phosphoric ester groups is 1. The molecule has 0 amide bonds. The molecule has 2 aliphatic heterocycles. The Kier molecular flexibility index (Phi) is 3.58. The van der Waals surface area contributed by atoms with Gasteiger partial charge in [0.1, 0.15) is 23.0 Å². The second kappa shape index (κ2) is 5.84. The maximum atomic E-state index is 12.6. The first-order valence-corrected chi connectivity index (χ1v) is 10.0. The summed E-state index contributed by atoms with van der Waals surface area (Å²) in [6.45, 7) is 0. The summed E-state index contributed by atoms with van der Waals surface area (Å²) in [7, 11) is -4.78. The monoisotopic (exact) mass is 412 g/mol. The normalized spacial score (nSPS) is 19.0. The highest BCUT2D eigenvalue weighted by Gasteiger charge is 2.53. The Hall–Kier alpha value is -3.32. The minimum Gasteiger partial charge on any atom is -0.508 e. The molecule has 3 aromatic carbocycles. The summed E-state index contributed by atoms with van der Waals surface area (Å²) in [5.74, 6) is -0.257. The van der Waals surface area contributed by atoms with Gasteiger partial charge >= 0.3 is 13.8 Å². The highest BCUT2D eigenvalue weighted by Crippen LogP contribution is 2.57. The van der Waals surface area contributed by atoms with Crippen LogP contribution in [0, 0.1) is 0 Å². The molecule has 0 saturated heterocycles. The molecule has 8 nitrogen and oxygen atoms in total. The van der Waals surface area contributed by atoms with Crippen LogP contribution in [0.25, 0.3) is 0 Å². The lowest BCUT2D eigenvalue weighted by atomic mass is 9.77. The molecule has 9 heteroatoms. The van der Waals surface area contributed by atoms with Crippen molar-refractivity contribution in [3.63, 3.8) is 0 Å². The largest absolute Gasteiger partial charge is 0.524 e. The first-order chi connectivity index (χ1) is 13.8. The summed E-state index contributed by atoms with van der Waals surface area (Å²) in [6.07, 6.45) is 0. The Morgan fingerprint density at radius 1 is 0.897 bits per heavy atom. The molecular formula is C20H13O8P. The van der Waals surface area contributed by atoms with E-state index in [1.807, 2.05) is 0 Å². The number of ether oxygens (including phenoxy) is 2. The average molecular weight is 412 g/mol. The molecular weight excluding hydrogens is 399 g/mol. The zero-order valence-electron chi connectivity index (χ0n) is 14.6. The van der Waals surface area contributed by atoms with E-state index < -0.39 is 19.4 Å². The quantitative estimate of drug-likeness (QED) is 0.432. The van der Waals surface area contributed by atoms with E-state index in [0.717, 1.165) is 0 Å². The minimum absolute atomic E-state index is 0.0532. The molecule has 29 heavy (non-hydrogen) atoms. The van der Waals surface area contributed by atoms with Crippen LogP contribution >= 0.6 is 7.82 Å². The van der Waals surface area contributed by atoms with Gasteiger partial charge in [0.15, 0.2) is 5.60 Å². The molecule has 0 saturated carbocycles. The number of phenols is 1. The van der Waals surface area contributed by atoms with Crippen molar-refractivity contribution in [2.75, 3.05) is 0 Å². The van der Waals surface area contributed by atoms with Crippen LogP contribution in [0.3, 0.4) is 0 Å². The van der Waals surface area contributed by atoms with Gasteiger partial charge in [0.25, 0.3) is 0 Å². The first kappa shape index (κ1) is 17.8. The van der Waals surface area contributed by atoms with Crippen molar-refractivity contribution in [3.05, 3.63) is 82.9 Å². The smallest absolute Gasteiger partial charge is 0.508 e. The fourth-order valence-electron chi connectivity index (χ4n) is 3.84. The lowest BCUT2D eigenvalue weighted by Gasteiger charge is -2.36. The van der Waals surface area contributed by atoms with Gasteiger partial charge in [-0.2, -0.15) is 0 Å². The number of esters is 1. The first-order valence-electron chi connectivity index (χ1n) is 8.52. The summed E-state index contributed by atoms with van der Waals surface area (Å²) in [5, 5.41) is 9.91. The fraction of sp³-hybridized carbons (Fsp3) is 0.0500. The number of hydrogen-bond acceptors (Lipinski definition) is 6. The molecule has 146 valence electrons. The fourth-order valence-corrected chi connectivity index (χ4v) is 4.23. The molecule has 0 radical (unpaired) electrons. The standard InChI is InChI=1S/C20H13O8P/c21-11-5-7-15-17(9-11)26-18-10-12(28-29(23,24)25)6-8-16(18)20(15)14-4-2-1-3-13(14)19(22)27-20/h1-10,21H,(H2,23,24,25). The summed E-state index contributed by atoms with van der Waals surface area (Å²) in [5.41, 5.74) is 0.655. The summed E-state index contributed by atoms with van der Waals surface area (Å²) in [4.78, 5) is 30.8. The predicted octanol–water partition coefficient (Wildman–Crippen LogP) is 3.43. The Bertz CT molecular complexity index is 1230. The highest BCUT2D eigenvalue weighted by atomic mass is 31.2. The molecule has 0 aliphatic carbocycles. The molecule has 1 atom stereocenters. The number of phenolic OH excluding ortho intramolecular Hbond substituents is 1. The van der Waals surface area contributed by atoms with E-state index in [4.69, 9.17) is 19.3 Å². The molecule has 3 aromatic rings. The lowest BCUT2D eigenvalue weighted by molar-refractivity contribution is 0.0224. The van der Waals surface area contributed by atoms with Gasteiger partial charge in [-0.1, -0.05) is 18.2 Å². The maximum Gasteiger partial charge on any atom is 0.524 e. The molecule has 3 N–H and O–H groups in total. The number of rotatable bonds is 2. The Morgan fingerprint density at radius 2 is 1.59 bits per heavy atom. The summed E-state index contributed by atoms with van der Waals surface area (Å²) in [6, 6.07) is 15.6. The lowest BCUT2D eigenvalue weighted by Crippen LogP contribution is -2.32. The molecule has 0 fully saturated rings. The SMILES string of the molecule is O=C1OC2(c3ccc(O)cc3Oc3cc(OP(=O)(O)O)ccc32)c2ccccc21. The minimum atomic E-state index is -4.78. The Labute approximate surface area is 164 Å². The second-order valence-electron chi connectivity index (χ2n) is 6.64. The van der Waals surface area contributed by atoms with Gasteiger partial charge in [-0.15, -0.1) is 0 Å². The van der Waals surface area contributed by atoms with Crippen LogP contribution in [-0.4, -0.2) is 20.9 Å². The molecule has 0 aromatic heterocycles. The zero-order valence-corrected chi connectivity index (χ0v) is 15.5. The molecule has 0 bridgehead atoms. The topological polar surface area (TPSA) is 123 Å². The van der Waals surface area contributed by atoms with Crippen molar-refractivity contribution in [1.29, 1.82) is 0 Å². The number of fused-ring (bicyclic) bond motifs is 6. The summed E-state index contributed by atoms with van der Waals surface area (Å²) < 4.78 is 27.6. The van der Waals surface area contributed by atoms with Gasteiger partial charge in [0, 0.05) is 28.8 Å². The molecule has 1 spiro atoms. The van der Waals surface area contributed by atoms with E-state index in [-0.39, 0.29) is 23.0 Å². The van der Waals surface area contributed by atoms with E-state index in [0.29, 0.717) is 22.3 Å². The van der Waals surface area contributed by atoms with Crippen molar-refractivity contribution >= 4 is 13.8 Å². The van der Waals surface area contributed by atoms with Crippen LogP contribution in [0.1, 0.15) is 27.0 Å². The van der Waals surface area contributed by atoms with E-state index >= 15 is 0 Å². The van der Waals surface area contributed by atoms with E-state index in [2.05, 4.69) is 4.52 Å². The van der Waals surface area contributed by atoms with E-state index in [9.17, 15) is 14.5 Å². The van der Waals surface area contributed by atoms with Crippen LogP contribution in [0.4, 0.5) is 0 Å². The van der Waals surface area contributed by atoms with Gasteiger partial charge in [-0.25, -0.2) is 9.36 Å². The molecule has 2 heterocycles. The van der Waals surface area contributed by atoms with Gasteiger partial charge < -0.3 is 19.1 Å². The highest BCUT2D eigenvalue weighted by molar-refractivity contribution is 7.46. The van der Waals surface area contributed by atoms with Crippen molar-refractivity contribution in [2.45, 2.75) is 5.60 Å². The number of aromatic hydroxyl groups is 1. The number of benzene rings is 3. The van der Waals surface area contributed by atoms with Crippen molar-refractivity contribution in [1.82, 2.24) is 0 Å². The third kappa shape index (κ3) is 2.61. The van der Waals surface area contributed by atoms with Crippen LogP contribution in [0.2, 0.25) is 0 Å². The average Bonchev–Trinajstić information content (AvgIpc) is 2.94. The molecule has 5 rings (SSSR count). The van der Waals surface area contributed by atoms with Crippen LogP contribution in [-0.2, 0) is 14.9 Å². The third-order valence-electron chi connectivity index (χ3n) is 4.89. The summed E-state index contributed by atoms with van der Waals surface area (Å²) >= 11 is 0. The van der Waals surface area contributed by atoms with E-state index in [1.165, 1.54) is 30.3 Å². The predicted molar refractivity (Wildman–Crippen MR) is 99.0 cm³/mol. The van der Waals surface area contributed by atoms with Gasteiger partial charge in [-0.3, -0.25) is 9.79 Å².